The smallest absolute Gasteiger partial charge is 0.260 e. The first-order chi connectivity index (χ1) is 8.94. The monoisotopic (exact) mass is 261 g/mol. The number of hydrogen-bond donors (Lipinski definition) is 1. The fourth-order valence-corrected chi connectivity index (χ4v) is 1.86. The molecule has 0 fully saturated rings. The fraction of sp³-hybridized carbons (Fsp3) is 0.429. The molecule has 0 amide bonds. The largest absolute Gasteiger partial charge is 0.398 e. The van der Waals surface area contributed by atoms with Crippen LogP contribution in [0.2, 0.25) is 0 Å². The van der Waals surface area contributed by atoms with Crippen LogP contribution in [0.4, 0.5) is 5.69 Å². The van der Waals surface area contributed by atoms with Gasteiger partial charge in [0.25, 0.3) is 5.89 Å². The van der Waals surface area contributed by atoms with Gasteiger partial charge < -0.3 is 15.0 Å². The molecule has 1 heterocycles. The van der Waals surface area contributed by atoms with Crippen molar-refractivity contribution < 1.29 is 9.26 Å². The molecule has 102 valence electrons. The van der Waals surface area contributed by atoms with Crippen LogP contribution in [-0.2, 0) is 10.3 Å². The molecule has 5 nitrogen and oxygen atoms in total. The summed E-state index contributed by atoms with van der Waals surface area (Å²) in [5, 5.41) is 3.99. The van der Waals surface area contributed by atoms with Crippen molar-refractivity contribution in [1.29, 1.82) is 0 Å². The number of nitrogens with two attached hydrogens (primary N) is 1. The Morgan fingerprint density at radius 2 is 2.11 bits per heavy atom. The number of rotatable bonds is 4. The van der Waals surface area contributed by atoms with Crippen LogP contribution in [0, 0.1) is 6.92 Å². The summed E-state index contributed by atoms with van der Waals surface area (Å²) in [6.07, 6.45) is 0. The average Bonchev–Trinajstić information content (AvgIpc) is 2.82. The lowest BCUT2D eigenvalue weighted by Crippen LogP contribution is -2.23. The second-order valence-electron chi connectivity index (χ2n) is 4.96. The average molecular weight is 261 g/mol. The van der Waals surface area contributed by atoms with E-state index in [1.807, 2.05) is 45.9 Å². The number of hydrogen-bond acceptors (Lipinski definition) is 5. The summed E-state index contributed by atoms with van der Waals surface area (Å²) in [6, 6.07) is 5.71. The first-order valence-corrected chi connectivity index (χ1v) is 6.28. The Morgan fingerprint density at radius 3 is 2.79 bits per heavy atom. The summed E-state index contributed by atoms with van der Waals surface area (Å²) in [5.41, 5.74) is 7.83. The molecule has 5 heteroatoms. The SMILES string of the molecule is CCOC(C)(C)c1noc(-c2cc(C)ccc2N)n1. The molecule has 2 aromatic rings. The van der Waals surface area contributed by atoms with Crippen LogP contribution >= 0.6 is 0 Å². The Balaban J connectivity index is 2.38. The van der Waals surface area contributed by atoms with Crippen molar-refractivity contribution in [2.45, 2.75) is 33.3 Å². The molecular formula is C14H19N3O2. The summed E-state index contributed by atoms with van der Waals surface area (Å²) >= 11 is 0. The number of anilines is 1. The summed E-state index contributed by atoms with van der Waals surface area (Å²) in [6.45, 7) is 8.32. The molecule has 1 aromatic heterocycles. The number of aryl methyl sites for hydroxylation is 1. The standard InChI is InChI=1S/C14H19N3O2/c1-5-18-14(3,4)13-16-12(19-17-13)10-8-9(2)6-7-11(10)15/h6-8H,5,15H2,1-4H3. The Morgan fingerprint density at radius 1 is 1.37 bits per heavy atom. The normalized spacial score (nSPS) is 11.8. The van der Waals surface area contributed by atoms with Crippen LogP contribution in [0.5, 0.6) is 0 Å². The Bertz CT molecular complexity index is 576. The quantitative estimate of drug-likeness (QED) is 0.856. The Kier molecular flexibility index (Phi) is 3.57. The van der Waals surface area contributed by atoms with Crippen molar-refractivity contribution >= 4 is 5.69 Å². The van der Waals surface area contributed by atoms with Crippen molar-refractivity contribution in [3.63, 3.8) is 0 Å². The zero-order chi connectivity index (χ0) is 14.0. The molecule has 19 heavy (non-hydrogen) atoms. The van der Waals surface area contributed by atoms with Gasteiger partial charge in [-0.3, -0.25) is 0 Å². The maximum Gasteiger partial charge on any atom is 0.260 e. The minimum atomic E-state index is -0.574. The maximum atomic E-state index is 5.94. The number of benzene rings is 1. The van der Waals surface area contributed by atoms with E-state index in [2.05, 4.69) is 10.1 Å². The van der Waals surface area contributed by atoms with Crippen molar-refractivity contribution in [2.75, 3.05) is 12.3 Å². The van der Waals surface area contributed by atoms with Crippen LogP contribution in [0.15, 0.2) is 22.7 Å². The van der Waals surface area contributed by atoms with E-state index in [9.17, 15) is 0 Å². The van der Waals surface area contributed by atoms with Crippen molar-refractivity contribution in [3.05, 3.63) is 29.6 Å². The van der Waals surface area contributed by atoms with Gasteiger partial charge in [0, 0.05) is 12.3 Å². The highest BCUT2D eigenvalue weighted by atomic mass is 16.5. The molecule has 0 saturated heterocycles. The summed E-state index contributed by atoms with van der Waals surface area (Å²) in [5.74, 6) is 0.939. The second-order valence-corrected chi connectivity index (χ2v) is 4.96. The molecule has 0 aliphatic carbocycles. The van der Waals surface area contributed by atoms with Gasteiger partial charge in [-0.25, -0.2) is 0 Å². The van der Waals surface area contributed by atoms with Gasteiger partial charge >= 0.3 is 0 Å². The molecule has 0 bridgehead atoms. The first-order valence-electron chi connectivity index (χ1n) is 6.28. The third kappa shape index (κ3) is 2.76. The summed E-state index contributed by atoms with van der Waals surface area (Å²) in [4.78, 5) is 4.39. The first kappa shape index (κ1) is 13.5. The van der Waals surface area contributed by atoms with Gasteiger partial charge in [-0.1, -0.05) is 16.8 Å². The van der Waals surface area contributed by atoms with Crippen LogP contribution in [0.25, 0.3) is 11.5 Å². The highest BCUT2D eigenvalue weighted by molar-refractivity contribution is 5.71. The van der Waals surface area contributed by atoms with E-state index < -0.39 is 5.60 Å². The minimum absolute atomic E-state index is 0.420. The predicted octanol–water partition coefficient (Wildman–Crippen LogP) is 2.90. The van der Waals surface area contributed by atoms with Gasteiger partial charge in [-0.15, -0.1) is 0 Å². The zero-order valence-corrected chi connectivity index (χ0v) is 11.7. The van der Waals surface area contributed by atoms with E-state index in [0.29, 0.717) is 24.0 Å². The van der Waals surface area contributed by atoms with E-state index in [-0.39, 0.29) is 0 Å². The lowest BCUT2D eigenvalue weighted by molar-refractivity contribution is -0.0221. The van der Waals surface area contributed by atoms with Gasteiger partial charge in [-0.2, -0.15) is 4.98 Å². The van der Waals surface area contributed by atoms with Crippen LogP contribution < -0.4 is 5.73 Å². The van der Waals surface area contributed by atoms with Gasteiger partial charge in [0.1, 0.15) is 5.60 Å². The molecule has 0 radical (unpaired) electrons. The van der Waals surface area contributed by atoms with Gasteiger partial charge in [0.2, 0.25) is 5.82 Å². The molecule has 0 spiro atoms. The number of nitrogens with zero attached hydrogens (tertiary/aromatic N) is 2. The van der Waals surface area contributed by atoms with E-state index >= 15 is 0 Å². The van der Waals surface area contributed by atoms with E-state index in [0.717, 1.165) is 11.1 Å². The molecule has 0 aliphatic rings. The Hall–Kier alpha value is -1.88. The Labute approximate surface area is 112 Å². The molecule has 0 saturated carbocycles. The molecular weight excluding hydrogens is 242 g/mol. The van der Waals surface area contributed by atoms with Gasteiger partial charge in [0.15, 0.2) is 0 Å². The van der Waals surface area contributed by atoms with E-state index in [1.54, 1.807) is 0 Å². The number of nitrogen functional groups attached to an aromatic ring is 1. The van der Waals surface area contributed by atoms with Gasteiger partial charge in [-0.05, 0) is 39.8 Å². The molecule has 1 aromatic carbocycles. The lowest BCUT2D eigenvalue weighted by Gasteiger charge is -2.19. The molecule has 0 unspecified atom stereocenters. The second kappa shape index (κ2) is 5.01. The number of aromatic nitrogens is 2. The van der Waals surface area contributed by atoms with Crippen LogP contribution in [0.3, 0.4) is 0 Å². The highest BCUT2D eigenvalue weighted by Gasteiger charge is 2.27. The fourth-order valence-electron chi connectivity index (χ4n) is 1.86. The van der Waals surface area contributed by atoms with E-state index in [4.69, 9.17) is 15.0 Å². The van der Waals surface area contributed by atoms with Crippen molar-refractivity contribution in [3.8, 4) is 11.5 Å². The molecule has 0 aliphatic heterocycles. The molecule has 2 N–H and O–H groups in total. The third-order valence-electron chi connectivity index (χ3n) is 2.91. The van der Waals surface area contributed by atoms with Crippen LogP contribution in [0.1, 0.15) is 32.2 Å². The number of ether oxygens (including phenoxy) is 1. The summed E-state index contributed by atoms with van der Waals surface area (Å²) in [7, 11) is 0. The van der Waals surface area contributed by atoms with Crippen molar-refractivity contribution in [1.82, 2.24) is 10.1 Å². The predicted molar refractivity (Wildman–Crippen MR) is 73.5 cm³/mol. The molecule has 2 rings (SSSR count). The zero-order valence-electron chi connectivity index (χ0n) is 11.7. The molecule has 0 atom stereocenters. The third-order valence-corrected chi connectivity index (χ3v) is 2.91. The van der Waals surface area contributed by atoms with Crippen LogP contribution in [-0.4, -0.2) is 16.7 Å². The lowest BCUT2D eigenvalue weighted by atomic mass is 10.1. The van der Waals surface area contributed by atoms with Gasteiger partial charge in [0.05, 0.1) is 5.56 Å². The minimum Gasteiger partial charge on any atom is -0.398 e. The van der Waals surface area contributed by atoms with E-state index in [1.165, 1.54) is 0 Å². The highest BCUT2D eigenvalue weighted by Crippen LogP contribution is 2.28. The van der Waals surface area contributed by atoms with Crippen molar-refractivity contribution in [2.24, 2.45) is 0 Å². The topological polar surface area (TPSA) is 74.2 Å². The maximum absolute atomic E-state index is 5.94. The summed E-state index contributed by atoms with van der Waals surface area (Å²) < 4.78 is 10.9.